The first-order valence-electron chi connectivity index (χ1n) is 15.9. The first-order valence-corrected chi connectivity index (χ1v) is 17.0. The Morgan fingerprint density at radius 2 is 1.75 bits per heavy atom. The number of unbranched alkanes of at least 4 members (excludes halogenated alkanes) is 3. The van der Waals surface area contributed by atoms with Gasteiger partial charge in [-0.25, -0.2) is 9.80 Å². The van der Waals surface area contributed by atoms with Gasteiger partial charge in [0.1, 0.15) is 11.6 Å². The summed E-state index contributed by atoms with van der Waals surface area (Å²) in [6.45, 7) is 7.94. The Hall–Kier alpha value is -2.42. The second kappa shape index (κ2) is 16.8. The number of thioether (sulfide) groups is 1. The molecule has 0 radical (unpaired) electrons. The van der Waals surface area contributed by atoms with Gasteiger partial charge >= 0.3 is 6.03 Å². The lowest BCUT2D eigenvalue weighted by Gasteiger charge is -2.31. The molecule has 0 aromatic heterocycles. The summed E-state index contributed by atoms with van der Waals surface area (Å²) in [5.41, 5.74) is 1.78. The van der Waals surface area contributed by atoms with Crippen molar-refractivity contribution in [1.29, 1.82) is 0 Å². The number of aliphatic hydroxyl groups excluding tert-OH is 1. The van der Waals surface area contributed by atoms with E-state index in [1.807, 2.05) is 25.6 Å². The topological polar surface area (TPSA) is 181 Å². The summed E-state index contributed by atoms with van der Waals surface area (Å²) in [6.07, 6.45) is 4.87. The van der Waals surface area contributed by atoms with Crippen molar-refractivity contribution in [1.82, 2.24) is 31.7 Å². The molecule has 0 aliphatic carbocycles. The van der Waals surface area contributed by atoms with Gasteiger partial charge in [0, 0.05) is 37.4 Å². The molecule has 5 amide bonds. The third kappa shape index (κ3) is 10.9. The third-order valence-corrected chi connectivity index (χ3v) is 9.87. The molecule has 3 aliphatic heterocycles. The molecule has 0 saturated carbocycles. The Labute approximate surface area is 265 Å². The molecule has 3 heterocycles. The van der Waals surface area contributed by atoms with Gasteiger partial charge in [0.15, 0.2) is 5.78 Å². The quantitative estimate of drug-likeness (QED) is 0.0489. The number of aliphatic hydroxyl groups is 1. The predicted octanol–water partition coefficient (Wildman–Crippen LogP) is 0.990. The SMILES string of the molecule is CC(C)C[C@H](NC(=O)[C@H]([C@@H](C)O)N(C)NC(=O)CCCCCNC(=O)CCCC[C@@H]1SC[C@@H]2NC(=O)N[C@@H]21)C(=O)[C@@]1(C)CO1. The van der Waals surface area contributed by atoms with E-state index in [1.165, 1.54) is 19.0 Å². The molecule has 250 valence electrons. The van der Waals surface area contributed by atoms with Crippen molar-refractivity contribution in [2.45, 2.75) is 127 Å². The van der Waals surface area contributed by atoms with E-state index in [0.717, 1.165) is 37.9 Å². The van der Waals surface area contributed by atoms with Crippen LogP contribution >= 0.6 is 11.8 Å². The number of rotatable bonds is 20. The van der Waals surface area contributed by atoms with Gasteiger partial charge in [-0.1, -0.05) is 26.7 Å². The number of hydrogen-bond donors (Lipinski definition) is 6. The first kappa shape index (κ1) is 36.1. The Morgan fingerprint density at radius 1 is 1.07 bits per heavy atom. The molecule has 7 atom stereocenters. The minimum Gasteiger partial charge on any atom is -0.391 e. The summed E-state index contributed by atoms with van der Waals surface area (Å²) in [7, 11) is 1.52. The van der Waals surface area contributed by atoms with Crippen molar-refractivity contribution >= 4 is 41.3 Å². The van der Waals surface area contributed by atoms with Crippen LogP contribution in [0, 0.1) is 5.92 Å². The van der Waals surface area contributed by atoms with Gasteiger partial charge in [0.2, 0.25) is 17.7 Å². The number of hydrogen-bond acceptors (Lipinski definition) is 9. The third-order valence-electron chi connectivity index (χ3n) is 8.37. The van der Waals surface area contributed by atoms with Gasteiger partial charge in [0.05, 0.1) is 30.8 Å². The summed E-state index contributed by atoms with van der Waals surface area (Å²) >= 11 is 1.88. The van der Waals surface area contributed by atoms with Gasteiger partial charge in [-0.15, -0.1) is 0 Å². The lowest BCUT2D eigenvalue weighted by molar-refractivity contribution is -0.139. The molecule has 0 aromatic carbocycles. The van der Waals surface area contributed by atoms with Crippen molar-refractivity contribution in [3.8, 4) is 0 Å². The molecule has 0 spiro atoms. The highest BCUT2D eigenvalue weighted by molar-refractivity contribution is 8.00. The number of nitrogens with one attached hydrogen (secondary N) is 5. The van der Waals surface area contributed by atoms with Crippen LogP contribution in [0.4, 0.5) is 4.79 Å². The lowest BCUT2D eigenvalue weighted by Crippen LogP contribution is -2.60. The molecule has 0 bridgehead atoms. The van der Waals surface area contributed by atoms with E-state index in [4.69, 9.17) is 4.74 Å². The second-order valence-electron chi connectivity index (χ2n) is 12.9. The number of Topliss-reactive ketones (excluding diaryl/α,β-unsaturated/α-hetero) is 1. The number of likely N-dealkylation sites (N-methyl/N-ethyl adjacent to an activating group) is 1. The van der Waals surface area contributed by atoms with Crippen molar-refractivity contribution < 1.29 is 33.8 Å². The number of fused-ring (bicyclic) bond motifs is 1. The highest BCUT2D eigenvalue weighted by Crippen LogP contribution is 2.33. The Balaban J connectivity index is 1.27. The average molecular weight is 641 g/mol. The van der Waals surface area contributed by atoms with Crippen LogP contribution in [0.1, 0.15) is 85.5 Å². The van der Waals surface area contributed by atoms with E-state index < -0.39 is 29.7 Å². The summed E-state index contributed by atoms with van der Waals surface area (Å²) in [4.78, 5) is 62.2. The number of carbonyl (C=O) groups excluding carboxylic acids is 5. The summed E-state index contributed by atoms with van der Waals surface area (Å²) < 4.78 is 5.28. The summed E-state index contributed by atoms with van der Waals surface area (Å²) in [6, 6.07) is -1.50. The van der Waals surface area contributed by atoms with Crippen LogP contribution in [0.3, 0.4) is 0 Å². The largest absolute Gasteiger partial charge is 0.391 e. The highest BCUT2D eigenvalue weighted by Gasteiger charge is 2.50. The van der Waals surface area contributed by atoms with Crippen molar-refractivity contribution in [2.24, 2.45) is 5.92 Å². The molecule has 6 N–H and O–H groups in total. The van der Waals surface area contributed by atoms with Crippen LogP contribution in [0.5, 0.6) is 0 Å². The normalized spacial score (nSPS) is 25.9. The molecule has 3 aliphatic rings. The molecule has 0 aromatic rings. The summed E-state index contributed by atoms with van der Waals surface area (Å²) in [5, 5.41) is 23.7. The number of carbonyl (C=O) groups is 5. The molecule has 14 heteroatoms. The van der Waals surface area contributed by atoms with E-state index in [2.05, 4.69) is 26.7 Å². The number of ether oxygens (including phenoxy) is 1. The van der Waals surface area contributed by atoms with E-state index in [9.17, 15) is 29.1 Å². The van der Waals surface area contributed by atoms with E-state index in [1.54, 1.807) is 6.92 Å². The zero-order chi connectivity index (χ0) is 32.4. The minimum atomic E-state index is -1.10. The summed E-state index contributed by atoms with van der Waals surface area (Å²) in [5.74, 6) is 0.0812. The highest BCUT2D eigenvalue weighted by atomic mass is 32.2. The van der Waals surface area contributed by atoms with E-state index in [-0.39, 0.29) is 48.1 Å². The van der Waals surface area contributed by atoms with Crippen LogP contribution in [0.15, 0.2) is 0 Å². The Morgan fingerprint density at radius 3 is 2.41 bits per heavy atom. The van der Waals surface area contributed by atoms with Crippen LogP contribution in [-0.2, 0) is 23.9 Å². The van der Waals surface area contributed by atoms with Gasteiger partial charge in [0.25, 0.3) is 0 Å². The van der Waals surface area contributed by atoms with Crippen molar-refractivity contribution in [2.75, 3.05) is 26.0 Å². The van der Waals surface area contributed by atoms with Crippen LogP contribution in [-0.4, -0.2) is 107 Å². The van der Waals surface area contributed by atoms with Crippen molar-refractivity contribution in [3.05, 3.63) is 0 Å². The zero-order valence-corrected chi connectivity index (χ0v) is 27.6. The fraction of sp³-hybridized carbons (Fsp3) is 0.833. The maximum atomic E-state index is 13.1. The zero-order valence-electron chi connectivity index (χ0n) is 26.8. The van der Waals surface area contributed by atoms with Gasteiger partial charge in [-0.05, 0) is 51.9 Å². The van der Waals surface area contributed by atoms with Crippen molar-refractivity contribution in [3.63, 3.8) is 0 Å². The smallest absolute Gasteiger partial charge is 0.315 e. The van der Waals surface area contributed by atoms with Gasteiger partial charge in [-0.2, -0.15) is 11.8 Å². The first-order chi connectivity index (χ1) is 20.8. The van der Waals surface area contributed by atoms with E-state index >= 15 is 0 Å². The molecule has 0 unspecified atom stereocenters. The second-order valence-corrected chi connectivity index (χ2v) is 14.2. The number of ketones is 1. The number of amides is 5. The molecule has 3 fully saturated rings. The molecule has 13 nitrogen and oxygen atoms in total. The number of hydrazine groups is 1. The van der Waals surface area contributed by atoms with Crippen LogP contribution in [0.2, 0.25) is 0 Å². The fourth-order valence-electron chi connectivity index (χ4n) is 5.80. The predicted molar refractivity (Wildman–Crippen MR) is 168 cm³/mol. The number of nitrogens with zero attached hydrogens (tertiary/aromatic N) is 1. The standard InChI is InChI=1S/C30H52N6O7S/c1-18(2)15-20(27(40)30(4)17-43-30)32-28(41)26(19(3)37)36(5)35-24(39)13-7-6-10-14-31-23(38)12-9-8-11-22-25-21(16-44-22)33-29(42)34-25/h18-22,25-26,37H,6-17H2,1-5H3,(H,31,38)(H,32,41)(H,35,39)(H2,33,34,42)/t19-,20+,21+,22+,25+,26+,30-/m1/s1. The maximum Gasteiger partial charge on any atom is 0.315 e. The Bertz CT molecular complexity index is 1020. The minimum absolute atomic E-state index is 0.0238. The fourth-order valence-corrected chi connectivity index (χ4v) is 7.34. The average Bonchev–Trinajstić information content (AvgIpc) is 3.42. The molecular weight excluding hydrogens is 588 g/mol. The molecule has 3 saturated heterocycles. The molecule has 3 rings (SSSR count). The molecular formula is C30H52N6O7S. The Kier molecular flexibility index (Phi) is 13.7. The number of epoxide rings is 1. The van der Waals surface area contributed by atoms with Gasteiger partial charge < -0.3 is 31.1 Å². The maximum absolute atomic E-state index is 13.1. The van der Waals surface area contributed by atoms with Crippen LogP contribution < -0.4 is 26.7 Å². The van der Waals surface area contributed by atoms with E-state index in [0.29, 0.717) is 37.7 Å². The monoisotopic (exact) mass is 640 g/mol. The molecule has 44 heavy (non-hydrogen) atoms. The lowest BCUT2D eigenvalue weighted by atomic mass is 9.93. The van der Waals surface area contributed by atoms with Crippen LogP contribution in [0.25, 0.3) is 0 Å². The van der Waals surface area contributed by atoms with Gasteiger partial charge in [-0.3, -0.25) is 24.6 Å². The number of urea groups is 1.